The second-order valence-electron chi connectivity index (χ2n) is 11.8. The molecule has 1 atom stereocenters. The molecule has 0 bridgehead atoms. The van der Waals surface area contributed by atoms with Crippen molar-refractivity contribution in [1.82, 2.24) is 10.2 Å². The van der Waals surface area contributed by atoms with Crippen molar-refractivity contribution >= 4 is 33.6 Å². The van der Waals surface area contributed by atoms with Crippen LogP contribution in [-0.2, 0) is 16.1 Å². The summed E-state index contributed by atoms with van der Waals surface area (Å²) < 4.78 is 12.7. The topological polar surface area (TPSA) is 71.1 Å². The summed E-state index contributed by atoms with van der Waals surface area (Å²) in [4.78, 5) is 30.2. The fourth-order valence-electron chi connectivity index (χ4n) is 4.61. The standard InChI is InChI=1S/C30H40BrN3O4/c1-29(2,3)38-27(35)30(4,5)37-26-10-6-9-25(18-26)33-17-7-8-23(20-33)32-28(36)34(24-15-16-24)19-21-11-13-22(31)14-12-21/h6,9-14,18,23-24H,7-8,15-17,19-20H2,1-5H3,(H,32,36)/t23-/m0/s1. The normalized spacial score (nSPS) is 18.1. The third-order valence-electron chi connectivity index (χ3n) is 6.71. The summed E-state index contributed by atoms with van der Waals surface area (Å²) >= 11 is 3.48. The van der Waals surface area contributed by atoms with E-state index >= 15 is 0 Å². The molecule has 1 heterocycles. The largest absolute Gasteiger partial charge is 0.476 e. The quantitative estimate of drug-likeness (QED) is 0.368. The van der Waals surface area contributed by atoms with Crippen molar-refractivity contribution in [3.8, 4) is 5.75 Å². The summed E-state index contributed by atoms with van der Waals surface area (Å²) in [6.07, 6.45) is 4.05. The molecule has 2 fully saturated rings. The Morgan fingerprint density at radius 1 is 1.05 bits per heavy atom. The van der Waals surface area contributed by atoms with Gasteiger partial charge in [-0.05, 0) is 90.1 Å². The van der Waals surface area contributed by atoms with Gasteiger partial charge in [0.05, 0.1) is 0 Å². The summed E-state index contributed by atoms with van der Waals surface area (Å²) in [6.45, 7) is 11.2. The Labute approximate surface area is 235 Å². The number of carbonyl (C=O) groups is 2. The molecule has 38 heavy (non-hydrogen) atoms. The number of anilines is 1. The minimum Gasteiger partial charge on any atom is -0.476 e. The van der Waals surface area contributed by atoms with Crippen molar-refractivity contribution in [2.24, 2.45) is 0 Å². The van der Waals surface area contributed by atoms with Crippen LogP contribution in [0.25, 0.3) is 0 Å². The second kappa shape index (κ2) is 11.6. The number of ether oxygens (including phenoxy) is 2. The number of rotatable bonds is 8. The summed E-state index contributed by atoms with van der Waals surface area (Å²) in [7, 11) is 0. The van der Waals surface area contributed by atoms with Crippen LogP contribution in [-0.4, -0.2) is 53.3 Å². The molecule has 2 aliphatic rings. The van der Waals surface area contributed by atoms with E-state index in [0.717, 1.165) is 54.5 Å². The Morgan fingerprint density at radius 2 is 1.76 bits per heavy atom. The highest BCUT2D eigenvalue weighted by molar-refractivity contribution is 9.10. The summed E-state index contributed by atoms with van der Waals surface area (Å²) in [6, 6.07) is 16.3. The van der Waals surface area contributed by atoms with Gasteiger partial charge in [-0.25, -0.2) is 9.59 Å². The summed E-state index contributed by atoms with van der Waals surface area (Å²) in [5.74, 6) is 0.207. The lowest BCUT2D eigenvalue weighted by molar-refractivity contribution is -0.170. The highest BCUT2D eigenvalue weighted by Crippen LogP contribution is 2.30. The Hall–Kier alpha value is -2.74. The Kier molecular flexibility index (Phi) is 8.60. The number of hydrogen-bond acceptors (Lipinski definition) is 5. The maximum absolute atomic E-state index is 13.3. The van der Waals surface area contributed by atoms with Crippen LogP contribution in [0.3, 0.4) is 0 Å². The third-order valence-corrected chi connectivity index (χ3v) is 7.24. The molecule has 206 valence electrons. The molecule has 7 nitrogen and oxygen atoms in total. The van der Waals surface area contributed by atoms with Crippen molar-refractivity contribution < 1.29 is 19.1 Å². The van der Waals surface area contributed by atoms with Gasteiger partial charge in [-0.1, -0.05) is 34.1 Å². The van der Waals surface area contributed by atoms with E-state index in [1.807, 2.05) is 62.1 Å². The van der Waals surface area contributed by atoms with Crippen molar-refractivity contribution in [2.75, 3.05) is 18.0 Å². The van der Waals surface area contributed by atoms with Gasteiger partial charge in [-0.3, -0.25) is 0 Å². The predicted molar refractivity (Wildman–Crippen MR) is 153 cm³/mol. The molecule has 0 radical (unpaired) electrons. The van der Waals surface area contributed by atoms with E-state index in [1.165, 1.54) is 0 Å². The molecule has 0 aromatic heterocycles. The molecule has 4 rings (SSSR count). The first-order valence-corrected chi connectivity index (χ1v) is 14.3. The van der Waals surface area contributed by atoms with Crippen molar-refractivity contribution in [3.05, 3.63) is 58.6 Å². The van der Waals surface area contributed by atoms with Crippen LogP contribution >= 0.6 is 15.9 Å². The van der Waals surface area contributed by atoms with Crippen LogP contribution in [0.2, 0.25) is 0 Å². The zero-order valence-corrected chi connectivity index (χ0v) is 24.7. The average molecular weight is 587 g/mol. The lowest BCUT2D eigenvalue weighted by Crippen LogP contribution is -2.52. The van der Waals surface area contributed by atoms with Crippen LogP contribution in [0.15, 0.2) is 53.0 Å². The van der Waals surface area contributed by atoms with Gasteiger partial charge in [0, 0.05) is 47.9 Å². The van der Waals surface area contributed by atoms with Gasteiger partial charge in [0.15, 0.2) is 5.60 Å². The van der Waals surface area contributed by atoms with Crippen LogP contribution in [0.1, 0.15) is 65.9 Å². The van der Waals surface area contributed by atoms with E-state index < -0.39 is 17.2 Å². The monoisotopic (exact) mass is 585 g/mol. The summed E-state index contributed by atoms with van der Waals surface area (Å²) in [5, 5.41) is 3.30. The maximum Gasteiger partial charge on any atom is 0.350 e. The van der Waals surface area contributed by atoms with E-state index in [1.54, 1.807) is 13.8 Å². The number of nitrogens with one attached hydrogen (secondary N) is 1. The number of hydrogen-bond donors (Lipinski definition) is 1. The first-order valence-electron chi connectivity index (χ1n) is 13.5. The van der Waals surface area contributed by atoms with Gasteiger partial charge in [0.1, 0.15) is 11.4 Å². The van der Waals surface area contributed by atoms with Gasteiger partial charge < -0.3 is 24.6 Å². The number of benzene rings is 2. The van der Waals surface area contributed by atoms with Crippen LogP contribution < -0.4 is 15.0 Å². The highest BCUT2D eigenvalue weighted by atomic mass is 79.9. The number of halogens is 1. The zero-order chi connectivity index (χ0) is 27.5. The first-order chi connectivity index (χ1) is 17.9. The average Bonchev–Trinajstić information content (AvgIpc) is 3.68. The molecule has 0 spiro atoms. The van der Waals surface area contributed by atoms with E-state index in [0.29, 0.717) is 18.3 Å². The first kappa shape index (κ1) is 28.3. The summed E-state index contributed by atoms with van der Waals surface area (Å²) in [5.41, 5.74) is 0.438. The molecule has 1 aliphatic carbocycles. The fourth-order valence-corrected chi connectivity index (χ4v) is 4.87. The number of nitrogens with zero attached hydrogens (tertiary/aromatic N) is 2. The Bertz CT molecular complexity index is 1130. The van der Waals surface area contributed by atoms with Gasteiger partial charge in [-0.15, -0.1) is 0 Å². The Balaban J connectivity index is 1.37. The fraction of sp³-hybridized carbons (Fsp3) is 0.533. The van der Waals surface area contributed by atoms with Gasteiger partial charge in [0.2, 0.25) is 0 Å². The van der Waals surface area contributed by atoms with E-state index in [-0.39, 0.29) is 12.1 Å². The van der Waals surface area contributed by atoms with Crippen LogP contribution in [0, 0.1) is 0 Å². The zero-order valence-electron chi connectivity index (χ0n) is 23.1. The molecule has 1 aliphatic heterocycles. The minimum atomic E-state index is -1.12. The molecule has 1 N–H and O–H groups in total. The second-order valence-corrected chi connectivity index (χ2v) is 12.7. The van der Waals surface area contributed by atoms with Crippen LogP contribution in [0.5, 0.6) is 5.75 Å². The number of urea groups is 1. The number of esters is 1. The maximum atomic E-state index is 13.3. The highest BCUT2D eigenvalue weighted by Gasteiger charge is 2.36. The molecule has 2 aromatic rings. The van der Waals surface area contributed by atoms with Crippen molar-refractivity contribution in [1.29, 1.82) is 0 Å². The molecule has 2 aromatic carbocycles. The van der Waals surface area contributed by atoms with E-state index in [9.17, 15) is 9.59 Å². The predicted octanol–water partition coefficient (Wildman–Crippen LogP) is 6.29. The van der Waals surface area contributed by atoms with E-state index in [2.05, 4.69) is 38.3 Å². The molecule has 8 heteroatoms. The van der Waals surface area contributed by atoms with Gasteiger partial charge >= 0.3 is 12.0 Å². The van der Waals surface area contributed by atoms with E-state index in [4.69, 9.17) is 9.47 Å². The molecule has 1 saturated heterocycles. The minimum absolute atomic E-state index is 0.0125. The lowest BCUT2D eigenvalue weighted by atomic mass is 10.0. The number of carbonyl (C=O) groups excluding carboxylic acids is 2. The lowest BCUT2D eigenvalue weighted by Gasteiger charge is -2.36. The van der Waals surface area contributed by atoms with Crippen LogP contribution in [0.4, 0.5) is 10.5 Å². The molecule has 2 amide bonds. The van der Waals surface area contributed by atoms with Gasteiger partial charge in [0.25, 0.3) is 0 Å². The third kappa shape index (κ3) is 7.88. The van der Waals surface area contributed by atoms with Crippen molar-refractivity contribution in [2.45, 2.75) is 90.1 Å². The molecule has 0 unspecified atom stereocenters. The SMILES string of the molecule is CC(C)(C)OC(=O)C(C)(C)Oc1cccc(N2CCC[C@H](NC(=O)N(Cc3ccc(Br)cc3)C3CC3)C2)c1. The Morgan fingerprint density at radius 3 is 2.42 bits per heavy atom. The smallest absolute Gasteiger partial charge is 0.350 e. The van der Waals surface area contributed by atoms with Crippen molar-refractivity contribution in [3.63, 3.8) is 0 Å². The number of amides is 2. The molecule has 1 saturated carbocycles. The van der Waals surface area contributed by atoms with Gasteiger partial charge in [-0.2, -0.15) is 0 Å². The number of piperidine rings is 1. The molecular formula is C30H40BrN3O4. The molecular weight excluding hydrogens is 546 g/mol.